The van der Waals surface area contributed by atoms with E-state index in [1.807, 2.05) is 30.3 Å². The number of amides is 1. The lowest BCUT2D eigenvalue weighted by molar-refractivity contribution is -0.143. The van der Waals surface area contributed by atoms with Crippen LogP contribution in [0.3, 0.4) is 0 Å². The molecule has 1 amide bonds. The molecule has 0 aliphatic carbocycles. The Balaban J connectivity index is 1.76. The lowest BCUT2D eigenvalue weighted by Crippen LogP contribution is -2.40. The molecule has 3 aromatic rings. The van der Waals surface area contributed by atoms with E-state index in [0.29, 0.717) is 16.7 Å². The van der Waals surface area contributed by atoms with Gasteiger partial charge in [-0.2, -0.15) is 13.2 Å². The van der Waals surface area contributed by atoms with Gasteiger partial charge in [-0.05, 0) is 25.1 Å². The normalized spacial score (nSPS) is 12.6. The second kappa shape index (κ2) is 7.71. The summed E-state index contributed by atoms with van der Waals surface area (Å²) < 4.78 is 46.8. The van der Waals surface area contributed by atoms with Gasteiger partial charge in [0.25, 0.3) is 5.91 Å². The van der Waals surface area contributed by atoms with E-state index in [4.69, 9.17) is 9.26 Å². The number of rotatable bonds is 5. The van der Waals surface area contributed by atoms with Crippen LogP contribution in [0.2, 0.25) is 0 Å². The molecule has 1 atom stereocenters. The summed E-state index contributed by atoms with van der Waals surface area (Å²) in [6, 6.07) is 13.6. The second-order valence-electron chi connectivity index (χ2n) is 5.99. The molecule has 0 fully saturated rings. The fourth-order valence-corrected chi connectivity index (χ4v) is 2.48. The number of hydrogen-bond acceptors (Lipinski definition) is 5. The molecule has 146 valence electrons. The summed E-state index contributed by atoms with van der Waals surface area (Å²) in [6.07, 6.45) is -5.94. The maximum atomic E-state index is 12.3. The van der Waals surface area contributed by atoms with E-state index in [0.717, 1.165) is 5.56 Å². The van der Waals surface area contributed by atoms with Crippen LogP contribution in [0, 0.1) is 0 Å². The SMILES string of the molecule is C[C@H](OC(=O)c1ccc2noc(-c3ccccc3)c2c1)C(=O)NCC(F)(F)F. The summed E-state index contributed by atoms with van der Waals surface area (Å²) in [4.78, 5) is 24.0. The van der Waals surface area contributed by atoms with E-state index in [-0.39, 0.29) is 5.56 Å². The zero-order valence-electron chi connectivity index (χ0n) is 14.6. The number of hydrogen-bond donors (Lipinski definition) is 1. The number of esters is 1. The number of fused-ring (bicyclic) bond motifs is 1. The number of aromatic nitrogens is 1. The molecule has 0 saturated carbocycles. The van der Waals surface area contributed by atoms with Crippen molar-refractivity contribution in [2.75, 3.05) is 6.54 Å². The lowest BCUT2D eigenvalue weighted by atomic mass is 10.1. The van der Waals surface area contributed by atoms with Crippen molar-refractivity contribution in [3.63, 3.8) is 0 Å². The Labute approximate surface area is 157 Å². The topological polar surface area (TPSA) is 81.4 Å². The molecule has 1 N–H and O–H groups in total. The summed E-state index contributed by atoms with van der Waals surface area (Å²) in [5.41, 5.74) is 1.39. The third kappa shape index (κ3) is 4.48. The number of halogens is 3. The molecule has 9 heteroatoms. The molecule has 3 rings (SSSR count). The van der Waals surface area contributed by atoms with Crippen molar-refractivity contribution in [3.8, 4) is 11.3 Å². The molecule has 2 aromatic carbocycles. The average molecular weight is 392 g/mol. The highest BCUT2D eigenvalue weighted by Crippen LogP contribution is 2.29. The number of carbonyl (C=O) groups is 2. The summed E-state index contributed by atoms with van der Waals surface area (Å²) in [5.74, 6) is -1.43. The van der Waals surface area contributed by atoms with Crippen LogP contribution in [0.4, 0.5) is 13.2 Å². The van der Waals surface area contributed by atoms with E-state index >= 15 is 0 Å². The average Bonchev–Trinajstić information content (AvgIpc) is 3.09. The third-order valence-corrected chi connectivity index (χ3v) is 3.86. The van der Waals surface area contributed by atoms with E-state index < -0.39 is 30.7 Å². The van der Waals surface area contributed by atoms with Crippen molar-refractivity contribution in [3.05, 3.63) is 54.1 Å². The van der Waals surface area contributed by atoms with E-state index in [1.165, 1.54) is 19.1 Å². The molecule has 0 bridgehead atoms. The highest BCUT2D eigenvalue weighted by Gasteiger charge is 2.29. The van der Waals surface area contributed by atoms with Gasteiger partial charge in [-0.15, -0.1) is 0 Å². The number of alkyl halides is 3. The molecule has 1 aromatic heterocycles. The van der Waals surface area contributed by atoms with Gasteiger partial charge >= 0.3 is 12.1 Å². The van der Waals surface area contributed by atoms with Crippen LogP contribution in [0.15, 0.2) is 53.1 Å². The number of nitrogens with zero attached hydrogens (tertiary/aromatic N) is 1. The standard InChI is InChI=1S/C19H15F3N2O4/c1-11(17(25)23-10-19(20,21)22)27-18(26)13-7-8-15-14(9-13)16(28-24-15)12-5-3-2-4-6-12/h2-9,11H,10H2,1H3,(H,23,25)/t11-/m0/s1. The van der Waals surface area contributed by atoms with Gasteiger partial charge in [0.05, 0.1) is 10.9 Å². The molecule has 0 aliphatic rings. The Kier molecular flexibility index (Phi) is 5.34. The molecule has 0 spiro atoms. The van der Waals surface area contributed by atoms with Gasteiger partial charge in [-0.25, -0.2) is 4.79 Å². The first-order chi connectivity index (χ1) is 13.2. The van der Waals surface area contributed by atoms with Crippen molar-refractivity contribution in [1.29, 1.82) is 0 Å². The van der Waals surface area contributed by atoms with Gasteiger partial charge < -0.3 is 14.6 Å². The second-order valence-corrected chi connectivity index (χ2v) is 5.99. The maximum Gasteiger partial charge on any atom is 0.405 e. The van der Waals surface area contributed by atoms with E-state index in [1.54, 1.807) is 11.4 Å². The van der Waals surface area contributed by atoms with Crippen molar-refractivity contribution in [2.24, 2.45) is 0 Å². The number of ether oxygens (including phenoxy) is 1. The molecule has 0 saturated heterocycles. The number of benzene rings is 2. The van der Waals surface area contributed by atoms with Gasteiger partial charge in [-0.3, -0.25) is 4.79 Å². The van der Waals surface area contributed by atoms with Gasteiger partial charge in [0.1, 0.15) is 12.1 Å². The molecule has 1 heterocycles. The van der Waals surface area contributed by atoms with Gasteiger partial charge in [-0.1, -0.05) is 35.5 Å². The summed E-state index contributed by atoms with van der Waals surface area (Å²) in [5, 5.41) is 6.17. The molecule has 6 nitrogen and oxygen atoms in total. The monoisotopic (exact) mass is 392 g/mol. The van der Waals surface area contributed by atoms with Crippen LogP contribution in [0.5, 0.6) is 0 Å². The summed E-state index contributed by atoms with van der Waals surface area (Å²) in [7, 11) is 0. The first-order valence-electron chi connectivity index (χ1n) is 8.25. The van der Waals surface area contributed by atoms with Crippen LogP contribution in [0.1, 0.15) is 17.3 Å². The number of carbonyl (C=O) groups excluding carboxylic acids is 2. The quantitative estimate of drug-likeness (QED) is 0.670. The molecule has 0 unspecified atom stereocenters. The molecule has 0 aliphatic heterocycles. The van der Waals surface area contributed by atoms with Crippen molar-refractivity contribution < 1.29 is 32.0 Å². The highest BCUT2D eigenvalue weighted by molar-refractivity contribution is 5.99. The minimum absolute atomic E-state index is 0.114. The fourth-order valence-electron chi connectivity index (χ4n) is 2.48. The minimum atomic E-state index is -4.55. The first-order valence-corrected chi connectivity index (χ1v) is 8.25. The minimum Gasteiger partial charge on any atom is -0.449 e. The van der Waals surface area contributed by atoms with Crippen LogP contribution >= 0.6 is 0 Å². The van der Waals surface area contributed by atoms with Crippen LogP contribution in [-0.4, -0.2) is 35.9 Å². The Morgan fingerprint density at radius 1 is 1.18 bits per heavy atom. The zero-order valence-corrected chi connectivity index (χ0v) is 14.6. The largest absolute Gasteiger partial charge is 0.449 e. The Morgan fingerprint density at radius 2 is 1.89 bits per heavy atom. The van der Waals surface area contributed by atoms with Gasteiger partial charge in [0.2, 0.25) is 0 Å². The molecular weight excluding hydrogens is 377 g/mol. The Bertz CT molecular complexity index is 999. The highest BCUT2D eigenvalue weighted by atomic mass is 19.4. The zero-order chi connectivity index (χ0) is 20.3. The Hall–Kier alpha value is -3.36. The Morgan fingerprint density at radius 3 is 2.57 bits per heavy atom. The molecule has 0 radical (unpaired) electrons. The maximum absolute atomic E-state index is 12.3. The van der Waals surface area contributed by atoms with Crippen molar-refractivity contribution >= 4 is 22.8 Å². The number of nitrogens with one attached hydrogen (secondary N) is 1. The smallest absolute Gasteiger partial charge is 0.405 e. The van der Waals surface area contributed by atoms with Gasteiger partial charge in [0.15, 0.2) is 11.9 Å². The van der Waals surface area contributed by atoms with Gasteiger partial charge in [0, 0.05) is 5.56 Å². The van der Waals surface area contributed by atoms with E-state index in [9.17, 15) is 22.8 Å². The van der Waals surface area contributed by atoms with Crippen LogP contribution in [-0.2, 0) is 9.53 Å². The summed E-state index contributed by atoms with van der Waals surface area (Å²) >= 11 is 0. The lowest BCUT2D eigenvalue weighted by Gasteiger charge is -2.14. The predicted octanol–water partition coefficient (Wildman–Crippen LogP) is 3.72. The van der Waals surface area contributed by atoms with Crippen molar-refractivity contribution in [1.82, 2.24) is 10.5 Å². The van der Waals surface area contributed by atoms with Crippen LogP contribution in [0.25, 0.3) is 22.2 Å². The van der Waals surface area contributed by atoms with E-state index in [2.05, 4.69) is 5.16 Å². The third-order valence-electron chi connectivity index (χ3n) is 3.86. The molecular formula is C19H15F3N2O4. The fraction of sp³-hybridized carbons (Fsp3) is 0.211. The van der Waals surface area contributed by atoms with Crippen molar-refractivity contribution in [2.45, 2.75) is 19.2 Å². The van der Waals surface area contributed by atoms with Crippen LogP contribution < -0.4 is 5.32 Å². The predicted molar refractivity (Wildman–Crippen MR) is 93.4 cm³/mol. The first kappa shape index (κ1) is 19.4. The summed E-state index contributed by atoms with van der Waals surface area (Å²) in [6.45, 7) is -0.308. The molecule has 28 heavy (non-hydrogen) atoms.